The van der Waals surface area contributed by atoms with Crippen LogP contribution in [-0.4, -0.2) is 31.2 Å². The van der Waals surface area contributed by atoms with Crippen molar-refractivity contribution in [3.8, 4) is 0 Å². The van der Waals surface area contributed by atoms with Crippen molar-refractivity contribution in [1.82, 2.24) is 24.6 Å². The third-order valence-electron chi connectivity index (χ3n) is 4.64. The summed E-state index contributed by atoms with van der Waals surface area (Å²) in [6, 6.07) is 6.54. The number of H-pyrrole nitrogens is 2. The van der Waals surface area contributed by atoms with Crippen molar-refractivity contribution < 1.29 is 0 Å². The maximum Gasteiger partial charge on any atom is 0.343 e. The van der Waals surface area contributed by atoms with E-state index in [0.29, 0.717) is 13.1 Å². The first kappa shape index (κ1) is 13.3. The number of benzene rings is 1. The van der Waals surface area contributed by atoms with E-state index in [4.69, 9.17) is 0 Å². The van der Waals surface area contributed by atoms with Crippen LogP contribution in [0.5, 0.6) is 0 Å². The highest BCUT2D eigenvalue weighted by Crippen LogP contribution is 2.23. The second-order valence-corrected chi connectivity index (χ2v) is 6.07. The Hall–Kier alpha value is -2.34. The summed E-state index contributed by atoms with van der Waals surface area (Å²) < 4.78 is 1.72. The number of hydrogen-bond donors (Lipinski definition) is 2. The molecule has 0 bridgehead atoms. The van der Waals surface area contributed by atoms with Crippen LogP contribution in [0.25, 0.3) is 10.9 Å². The Balaban J connectivity index is 1.59. The standard InChI is InChI=1S/C16H19N5O/c1-10-3-4-14-13(11(10)2)7-12(17-14)8-20-5-6-21-15(9-20)18-19-16(21)22/h3-4,7,17H,5-6,8-9H2,1-2H3,(H,19,22). The average Bonchev–Trinajstić information content (AvgIpc) is 3.08. The van der Waals surface area contributed by atoms with Crippen LogP contribution < -0.4 is 5.69 Å². The van der Waals surface area contributed by atoms with Gasteiger partial charge in [-0.15, -0.1) is 0 Å². The summed E-state index contributed by atoms with van der Waals surface area (Å²) in [6.07, 6.45) is 0. The quantitative estimate of drug-likeness (QED) is 0.756. The third-order valence-corrected chi connectivity index (χ3v) is 4.64. The Labute approximate surface area is 127 Å². The highest BCUT2D eigenvalue weighted by molar-refractivity contribution is 5.84. The number of nitrogens with one attached hydrogen (secondary N) is 2. The highest BCUT2D eigenvalue weighted by atomic mass is 16.1. The molecule has 0 aliphatic carbocycles. The second-order valence-electron chi connectivity index (χ2n) is 6.07. The summed E-state index contributed by atoms with van der Waals surface area (Å²) in [6.45, 7) is 7.41. The average molecular weight is 297 g/mol. The number of aromatic amines is 2. The first-order valence-corrected chi connectivity index (χ1v) is 7.56. The van der Waals surface area contributed by atoms with Gasteiger partial charge in [-0.2, -0.15) is 5.10 Å². The Morgan fingerprint density at radius 1 is 1.27 bits per heavy atom. The molecule has 0 atom stereocenters. The largest absolute Gasteiger partial charge is 0.357 e. The summed E-state index contributed by atoms with van der Waals surface area (Å²) in [7, 11) is 0. The minimum absolute atomic E-state index is 0.105. The zero-order chi connectivity index (χ0) is 15.3. The molecule has 1 aliphatic rings. The van der Waals surface area contributed by atoms with Gasteiger partial charge < -0.3 is 4.98 Å². The van der Waals surface area contributed by atoms with Crippen LogP contribution in [0.4, 0.5) is 0 Å². The fraction of sp³-hybridized carbons (Fsp3) is 0.375. The lowest BCUT2D eigenvalue weighted by Gasteiger charge is -2.25. The zero-order valence-corrected chi connectivity index (χ0v) is 12.8. The van der Waals surface area contributed by atoms with Crippen LogP contribution in [0.2, 0.25) is 0 Å². The Kier molecular flexibility index (Phi) is 2.94. The van der Waals surface area contributed by atoms with E-state index in [9.17, 15) is 4.79 Å². The molecule has 1 aliphatic heterocycles. The molecule has 2 N–H and O–H groups in total. The number of aromatic nitrogens is 4. The van der Waals surface area contributed by atoms with Gasteiger partial charge in [0.1, 0.15) is 5.82 Å². The molecule has 0 unspecified atom stereocenters. The van der Waals surface area contributed by atoms with Gasteiger partial charge in [-0.25, -0.2) is 9.89 Å². The van der Waals surface area contributed by atoms with E-state index in [1.165, 1.54) is 27.7 Å². The lowest BCUT2D eigenvalue weighted by molar-refractivity contribution is 0.205. The van der Waals surface area contributed by atoms with E-state index < -0.39 is 0 Å². The molecule has 4 rings (SSSR count). The van der Waals surface area contributed by atoms with Gasteiger partial charge >= 0.3 is 5.69 Å². The molecule has 3 heterocycles. The second kappa shape index (κ2) is 4.84. The first-order valence-electron chi connectivity index (χ1n) is 7.56. The van der Waals surface area contributed by atoms with Gasteiger partial charge in [-0.05, 0) is 37.1 Å². The molecule has 0 radical (unpaired) electrons. The van der Waals surface area contributed by atoms with Crippen molar-refractivity contribution in [2.75, 3.05) is 6.54 Å². The van der Waals surface area contributed by atoms with Crippen molar-refractivity contribution in [2.45, 2.75) is 33.5 Å². The molecule has 6 heteroatoms. The van der Waals surface area contributed by atoms with Crippen molar-refractivity contribution in [3.05, 3.63) is 51.3 Å². The van der Waals surface area contributed by atoms with Gasteiger partial charge in [0.15, 0.2) is 0 Å². The maximum absolute atomic E-state index is 11.5. The molecule has 0 saturated heterocycles. The number of hydrogen-bond acceptors (Lipinski definition) is 3. The normalized spacial score (nSPS) is 15.4. The summed E-state index contributed by atoms with van der Waals surface area (Å²) >= 11 is 0. The molecule has 114 valence electrons. The molecule has 0 fully saturated rings. The lowest BCUT2D eigenvalue weighted by Crippen LogP contribution is -2.36. The van der Waals surface area contributed by atoms with Gasteiger partial charge in [-0.1, -0.05) is 6.07 Å². The van der Waals surface area contributed by atoms with Crippen LogP contribution in [0.15, 0.2) is 23.0 Å². The summed E-state index contributed by atoms with van der Waals surface area (Å²) in [4.78, 5) is 17.3. The minimum Gasteiger partial charge on any atom is -0.357 e. The molecule has 1 aromatic carbocycles. The highest BCUT2D eigenvalue weighted by Gasteiger charge is 2.20. The van der Waals surface area contributed by atoms with Crippen LogP contribution in [0.3, 0.4) is 0 Å². The fourth-order valence-corrected chi connectivity index (χ4v) is 3.20. The molecule has 0 spiro atoms. The van der Waals surface area contributed by atoms with E-state index in [1.807, 2.05) is 0 Å². The molecular weight excluding hydrogens is 278 g/mol. The van der Waals surface area contributed by atoms with E-state index in [1.54, 1.807) is 4.57 Å². The zero-order valence-electron chi connectivity index (χ0n) is 12.8. The predicted molar refractivity (Wildman–Crippen MR) is 84.7 cm³/mol. The molecule has 6 nitrogen and oxygen atoms in total. The number of nitrogens with zero attached hydrogens (tertiary/aromatic N) is 3. The monoisotopic (exact) mass is 297 g/mol. The summed E-state index contributed by atoms with van der Waals surface area (Å²) in [5.41, 5.74) is 4.93. The molecule has 22 heavy (non-hydrogen) atoms. The molecule has 0 saturated carbocycles. The first-order chi connectivity index (χ1) is 10.6. The molecule has 2 aromatic heterocycles. The Morgan fingerprint density at radius 3 is 3.00 bits per heavy atom. The van der Waals surface area contributed by atoms with Crippen molar-refractivity contribution in [1.29, 1.82) is 0 Å². The van der Waals surface area contributed by atoms with Gasteiger partial charge in [0.2, 0.25) is 0 Å². The van der Waals surface area contributed by atoms with E-state index in [0.717, 1.165) is 18.9 Å². The van der Waals surface area contributed by atoms with Crippen molar-refractivity contribution in [3.63, 3.8) is 0 Å². The van der Waals surface area contributed by atoms with Crippen molar-refractivity contribution in [2.24, 2.45) is 0 Å². The van der Waals surface area contributed by atoms with E-state index in [2.05, 4.69) is 52.1 Å². The summed E-state index contributed by atoms with van der Waals surface area (Å²) in [5.74, 6) is 0.819. The number of fused-ring (bicyclic) bond motifs is 2. The minimum atomic E-state index is -0.105. The third kappa shape index (κ3) is 2.07. The maximum atomic E-state index is 11.5. The van der Waals surface area contributed by atoms with Gasteiger partial charge in [0.25, 0.3) is 0 Å². The van der Waals surface area contributed by atoms with Gasteiger partial charge in [0.05, 0.1) is 6.54 Å². The molecule has 3 aromatic rings. The lowest BCUT2D eigenvalue weighted by atomic mass is 10.1. The van der Waals surface area contributed by atoms with Gasteiger partial charge in [-0.3, -0.25) is 9.47 Å². The van der Waals surface area contributed by atoms with E-state index >= 15 is 0 Å². The summed E-state index contributed by atoms with van der Waals surface area (Å²) in [5, 5.41) is 7.91. The number of aryl methyl sites for hydroxylation is 2. The van der Waals surface area contributed by atoms with Crippen LogP contribution in [-0.2, 0) is 19.6 Å². The fourth-order valence-electron chi connectivity index (χ4n) is 3.20. The van der Waals surface area contributed by atoms with Crippen LogP contribution in [0, 0.1) is 13.8 Å². The Morgan fingerprint density at radius 2 is 2.14 bits per heavy atom. The SMILES string of the molecule is Cc1ccc2[nH]c(CN3CCn4c(n[nH]c4=O)C3)cc2c1C. The topological polar surface area (TPSA) is 69.7 Å². The molecular formula is C16H19N5O. The predicted octanol–water partition coefficient (Wildman–Crippen LogP) is 1.69. The smallest absolute Gasteiger partial charge is 0.343 e. The van der Waals surface area contributed by atoms with Crippen LogP contribution in [0.1, 0.15) is 22.6 Å². The van der Waals surface area contributed by atoms with Gasteiger partial charge in [0, 0.05) is 36.2 Å². The molecule has 0 amide bonds. The number of rotatable bonds is 2. The van der Waals surface area contributed by atoms with Crippen LogP contribution >= 0.6 is 0 Å². The van der Waals surface area contributed by atoms with E-state index in [-0.39, 0.29) is 5.69 Å². The Bertz CT molecular complexity index is 901. The van der Waals surface area contributed by atoms with Crippen molar-refractivity contribution >= 4 is 10.9 Å².